The van der Waals surface area contributed by atoms with Gasteiger partial charge < -0.3 is 33.0 Å². The first-order valence-corrected chi connectivity index (χ1v) is 19.4. The van der Waals surface area contributed by atoms with Crippen molar-refractivity contribution < 1.29 is 37.7 Å². The van der Waals surface area contributed by atoms with Gasteiger partial charge in [-0.3, -0.25) is 0 Å². The first-order chi connectivity index (χ1) is 22.5. The summed E-state index contributed by atoms with van der Waals surface area (Å²) < 4.78 is 36.3. The lowest BCUT2D eigenvalue weighted by Crippen LogP contribution is -2.52. The van der Waals surface area contributed by atoms with Gasteiger partial charge in [0.05, 0.1) is 26.3 Å². The van der Waals surface area contributed by atoms with E-state index < -0.39 is 26.0 Å². The summed E-state index contributed by atoms with van der Waals surface area (Å²) in [6.45, 7) is 17.5. The van der Waals surface area contributed by atoms with E-state index in [4.69, 9.17) is 28.1 Å². The zero-order chi connectivity index (χ0) is 35.1. The number of aryl methyl sites for hydroxylation is 1. The molecular formula is C38H51NO8Si. The molecule has 0 unspecified atom stereocenters. The summed E-state index contributed by atoms with van der Waals surface area (Å²) in [5, 5.41) is -0.0328. The summed E-state index contributed by atoms with van der Waals surface area (Å²) in [6.07, 6.45) is 0.331. The van der Waals surface area contributed by atoms with Crippen LogP contribution in [0.1, 0.15) is 63.9 Å². The Hall–Kier alpha value is -4.02. The summed E-state index contributed by atoms with van der Waals surface area (Å²) in [7, 11) is -0.885. The number of carbonyl (C=O) groups excluding carboxylic acids is 2. The standard InChI is InChI=1S/C38H51NO8Si/c1-37(2,3)46-36(41)39(25-31(47-48(8,9)38(4,5)6)26-43-28-15-11-10-12-16-28)24-30-20-19-27-23-29(21-22-33(27)45-30)44-34-18-14-13-17-32(34)35(40)42-7/h10-18,21-23,30-31H,19-20,24-26H2,1-9H3/t30-,31+/m1/s1. The zero-order valence-corrected chi connectivity index (χ0v) is 30.8. The lowest BCUT2D eigenvalue weighted by Gasteiger charge is -2.41. The number of esters is 1. The highest BCUT2D eigenvalue weighted by molar-refractivity contribution is 6.74. The van der Waals surface area contributed by atoms with Crippen LogP contribution in [0.5, 0.6) is 23.0 Å². The molecule has 0 spiro atoms. The van der Waals surface area contributed by atoms with Gasteiger partial charge in [0, 0.05) is 0 Å². The topological polar surface area (TPSA) is 92.8 Å². The number of rotatable bonds is 12. The Balaban J connectivity index is 1.52. The third kappa shape index (κ3) is 10.2. The molecular weight excluding hydrogens is 627 g/mol. The third-order valence-corrected chi connectivity index (χ3v) is 13.1. The number of carbonyl (C=O) groups is 2. The van der Waals surface area contributed by atoms with E-state index in [1.807, 2.05) is 69.3 Å². The molecule has 0 aromatic heterocycles. The summed E-state index contributed by atoms with van der Waals surface area (Å²) in [6, 6.07) is 22.2. The molecule has 4 rings (SSSR count). The van der Waals surface area contributed by atoms with Crippen LogP contribution in [0.3, 0.4) is 0 Å². The Morgan fingerprint density at radius 2 is 1.62 bits per heavy atom. The van der Waals surface area contributed by atoms with E-state index in [-0.39, 0.29) is 30.4 Å². The number of amides is 1. The number of ether oxygens (including phenoxy) is 5. The van der Waals surface area contributed by atoms with Crippen molar-refractivity contribution in [2.24, 2.45) is 0 Å². The van der Waals surface area contributed by atoms with Crippen molar-refractivity contribution in [1.82, 2.24) is 4.90 Å². The van der Waals surface area contributed by atoms with E-state index in [9.17, 15) is 9.59 Å². The van der Waals surface area contributed by atoms with E-state index in [0.29, 0.717) is 30.0 Å². The zero-order valence-electron chi connectivity index (χ0n) is 29.8. The monoisotopic (exact) mass is 677 g/mol. The Bertz CT molecular complexity index is 1530. The van der Waals surface area contributed by atoms with Crippen LogP contribution in [-0.2, 0) is 20.3 Å². The minimum absolute atomic E-state index is 0.0328. The molecule has 0 radical (unpaired) electrons. The maximum Gasteiger partial charge on any atom is 0.410 e. The average molecular weight is 678 g/mol. The molecule has 0 bridgehead atoms. The van der Waals surface area contributed by atoms with Gasteiger partial charge >= 0.3 is 12.1 Å². The summed E-state index contributed by atoms with van der Waals surface area (Å²) in [5.74, 6) is 2.01. The van der Waals surface area contributed by atoms with E-state index in [1.54, 1.807) is 29.2 Å². The molecule has 0 N–H and O–H groups in total. The van der Waals surface area contributed by atoms with Crippen LogP contribution in [0.2, 0.25) is 18.1 Å². The third-order valence-electron chi connectivity index (χ3n) is 8.53. The summed E-state index contributed by atoms with van der Waals surface area (Å²) >= 11 is 0. The van der Waals surface area contributed by atoms with Crippen molar-refractivity contribution in [1.29, 1.82) is 0 Å². The Morgan fingerprint density at radius 3 is 2.29 bits per heavy atom. The van der Waals surface area contributed by atoms with Gasteiger partial charge in [0.15, 0.2) is 8.32 Å². The second-order valence-corrected chi connectivity index (χ2v) is 19.4. The molecule has 3 aromatic rings. The highest BCUT2D eigenvalue weighted by atomic mass is 28.4. The van der Waals surface area contributed by atoms with Crippen LogP contribution in [-0.4, -0.2) is 69.9 Å². The Morgan fingerprint density at radius 1 is 0.938 bits per heavy atom. The van der Waals surface area contributed by atoms with Gasteiger partial charge in [-0.25, -0.2) is 9.59 Å². The van der Waals surface area contributed by atoms with Crippen molar-refractivity contribution in [2.45, 2.75) is 90.3 Å². The largest absolute Gasteiger partial charge is 0.491 e. The molecule has 48 heavy (non-hydrogen) atoms. The summed E-state index contributed by atoms with van der Waals surface area (Å²) in [4.78, 5) is 27.6. The lowest BCUT2D eigenvalue weighted by molar-refractivity contribution is 0.000507. The number of fused-ring (bicyclic) bond motifs is 1. The molecule has 0 fully saturated rings. The van der Waals surface area contributed by atoms with Gasteiger partial charge in [-0.15, -0.1) is 0 Å². The fourth-order valence-corrected chi connectivity index (χ4v) is 6.37. The first-order valence-electron chi connectivity index (χ1n) is 16.5. The smallest absolute Gasteiger partial charge is 0.410 e. The second-order valence-electron chi connectivity index (χ2n) is 14.6. The number of hydrogen-bond donors (Lipinski definition) is 0. The minimum atomic E-state index is -2.23. The SMILES string of the molecule is COC(=O)c1ccccc1Oc1ccc2c(c1)CC[C@H](CN(C[C@@H](COc1ccccc1)O[Si](C)(C)C(C)(C)C)C(=O)OC(C)(C)C)O2. The lowest BCUT2D eigenvalue weighted by atomic mass is 10.0. The van der Waals surface area contributed by atoms with E-state index >= 15 is 0 Å². The number of benzene rings is 3. The molecule has 3 aromatic carbocycles. The molecule has 1 aliphatic heterocycles. The molecule has 9 nitrogen and oxygen atoms in total. The number of hydrogen-bond acceptors (Lipinski definition) is 8. The first kappa shape index (κ1) is 36.8. The maximum absolute atomic E-state index is 13.7. The molecule has 2 atom stereocenters. The Kier molecular flexibility index (Phi) is 11.9. The summed E-state index contributed by atoms with van der Waals surface area (Å²) in [5.41, 5.74) is 0.661. The fourth-order valence-electron chi connectivity index (χ4n) is 5.04. The van der Waals surface area contributed by atoms with Crippen LogP contribution in [0.15, 0.2) is 72.8 Å². The maximum atomic E-state index is 13.7. The van der Waals surface area contributed by atoms with Gasteiger partial charge in [0.1, 0.15) is 46.9 Å². The Labute approximate surface area is 286 Å². The quantitative estimate of drug-likeness (QED) is 0.139. The number of para-hydroxylation sites is 2. The molecule has 0 saturated carbocycles. The molecule has 0 aliphatic carbocycles. The van der Waals surface area contributed by atoms with Crippen LogP contribution >= 0.6 is 0 Å². The van der Waals surface area contributed by atoms with E-state index in [0.717, 1.165) is 23.5 Å². The van der Waals surface area contributed by atoms with Crippen LogP contribution in [0.25, 0.3) is 0 Å². The predicted octanol–water partition coefficient (Wildman–Crippen LogP) is 8.67. The number of nitrogens with zero attached hydrogens (tertiary/aromatic N) is 1. The molecule has 1 heterocycles. The van der Waals surface area contributed by atoms with E-state index in [1.165, 1.54) is 7.11 Å². The van der Waals surface area contributed by atoms with Crippen LogP contribution in [0, 0.1) is 0 Å². The minimum Gasteiger partial charge on any atom is -0.491 e. The highest BCUT2D eigenvalue weighted by Gasteiger charge is 2.40. The van der Waals surface area contributed by atoms with Crippen molar-refractivity contribution >= 4 is 20.4 Å². The molecule has 260 valence electrons. The van der Waals surface area contributed by atoms with Gasteiger partial charge in [-0.1, -0.05) is 51.1 Å². The normalized spacial score (nSPS) is 15.4. The second kappa shape index (κ2) is 15.5. The highest BCUT2D eigenvalue weighted by Crippen LogP contribution is 2.38. The molecule has 1 aliphatic rings. The van der Waals surface area contributed by atoms with Gasteiger partial charge in [-0.05, 0) is 99.8 Å². The fraction of sp³-hybridized carbons (Fsp3) is 0.474. The van der Waals surface area contributed by atoms with Crippen molar-refractivity contribution in [3.8, 4) is 23.0 Å². The number of methoxy groups -OCH3 is 1. The molecule has 10 heteroatoms. The van der Waals surface area contributed by atoms with E-state index in [2.05, 4.69) is 33.9 Å². The predicted molar refractivity (Wildman–Crippen MR) is 189 cm³/mol. The van der Waals surface area contributed by atoms with Gasteiger partial charge in [-0.2, -0.15) is 0 Å². The molecule has 1 amide bonds. The average Bonchev–Trinajstić information content (AvgIpc) is 3.02. The van der Waals surface area contributed by atoms with Crippen molar-refractivity contribution in [2.75, 3.05) is 26.8 Å². The van der Waals surface area contributed by atoms with Crippen LogP contribution in [0.4, 0.5) is 4.79 Å². The van der Waals surface area contributed by atoms with Gasteiger partial charge in [0.2, 0.25) is 0 Å². The van der Waals surface area contributed by atoms with Crippen LogP contribution < -0.4 is 14.2 Å². The van der Waals surface area contributed by atoms with Crippen molar-refractivity contribution in [3.63, 3.8) is 0 Å². The van der Waals surface area contributed by atoms with Gasteiger partial charge in [0.25, 0.3) is 0 Å². The molecule has 0 saturated heterocycles. The van der Waals surface area contributed by atoms with Crippen molar-refractivity contribution in [3.05, 3.63) is 83.9 Å².